The molecule has 0 aliphatic carbocycles. The number of hydrogen-bond acceptors (Lipinski definition) is 2. The largest absolute Gasteiger partial charge is 0.294 e. The van der Waals surface area contributed by atoms with Crippen LogP contribution < -0.4 is 0 Å². The summed E-state index contributed by atoms with van der Waals surface area (Å²) in [5.41, 5.74) is 0. The molecule has 0 radical (unpaired) electrons. The zero-order chi connectivity index (χ0) is 6.85. The van der Waals surface area contributed by atoms with E-state index in [1.807, 2.05) is 0 Å². The summed E-state index contributed by atoms with van der Waals surface area (Å²) < 4.78 is 0. The molecule has 0 N–H and O–H groups in total. The van der Waals surface area contributed by atoms with Gasteiger partial charge in [0.15, 0.2) is 0 Å². The van der Waals surface area contributed by atoms with Crippen molar-refractivity contribution in [3.8, 4) is 0 Å². The normalized spacial score (nSPS) is 22.7. The number of rotatable bonds is 3. The van der Waals surface area contributed by atoms with Crippen LogP contribution in [-0.4, -0.2) is 43.2 Å². The third kappa shape index (κ3) is 1.66. The molecule has 1 rings (SSSR count). The second-order valence-corrected chi connectivity index (χ2v) is 2.89. The molecule has 1 aliphatic heterocycles. The van der Waals surface area contributed by atoms with Crippen LogP contribution in [0.2, 0.25) is 0 Å². The van der Waals surface area contributed by atoms with Gasteiger partial charge in [-0.25, -0.2) is 0 Å². The Hall–Kier alpha value is -0.0800. The highest BCUT2D eigenvalue weighted by molar-refractivity contribution is 4.79. The molecule has 0 amide bonds. The van der Waals surface area contributed by atoms with E-state index in [4.69, 9.17) is 0 Å². The maximum absolute atomic E-state index is 2.47. The Kier molecular flexibility index (Phi) is 2.09. The van der Waals surface area contributed by atoms with E-state index in [-0.39, 0.29) is 0 Å². The third-order valence-corrected chi connectivity index (χ3v) is 1.86. The fourth-order valence-electron chi connectivity index (χ4n) is 1.31. The summed E-state index contributed by atoms with van der Waals surface area (Å²) in [6, 6.07) is 0. The zero-order valence-corrected chi connectivity index (χ0v) is 6.59. The van der Waals surface area contributed by atoms with Gasteiger partial charge >= 0.3 is 0 Å². The first-order valence-corrected chi connectivity index (χ1v) is 3.66. The second-order valence-electron chi connectivity index (χ2n) is 2.89. The molecule has 0 aromatic rings. The van der Waals surface area contributed by atoms with Crippen molar-refractivity contribution >= 4 is 0 Å². The van der Waals surface area contributed by atoms with E-state index < -0.39 is 0 Å². The molecule has 1 atom stereocenters. The lowest BCUT2D eigenvalue weighted by molar-refractivity contribution is 0.176. The summed E-state index contributed by atoms with van der Waals surface area (Å²) in [7, 11) is 4.29. The molecule has 0 aromatic carbocycles. The topological polar surface area (TPSA) is 6.25 Å². The van der Waals surface area contributed by atoms with Crippen LogP contribution >= 0.6 is 0 Å². The summed E-state index contributed by atoms with van der Waals surface area (Å²) in [5, 5.41) is 0. The third-order valence-electron chi connectivity index (χ3n) is 1.86. The molecular formula is C7H16N2. The smallest absolute Gasteiger partial charge is 0.0615 e. The average molecular weight is 128 g/mol. The Labute approximate surface area is 57.4 Å². The van der Waals surface area contributed by atoms with E-state index in [1.165, 1.54) is 19.5 Å². The molecule has 0 aromatic heterocycles. The quantitative estimate of drug-likeness (QED) is 0.513. The second kappa shape index (κ2) is 2.67. The van der Waals surface area contributed by atoms with Crippen LogP contribution in [0.1, 0.15) is 13.3 Å². The van der Waals surface area contributed by atoms with Gasteiger partial charge in [0.1, 0.15) is 0 Å². The Morgan fingerprint density at radius 1 is 1.44 bits per heavy atom. The fraction of sp³-hybridized carbons (Fsp3) is 1.00. The molecule has 0 bridgehead atoms. The number of hydrogen-bond donors (Lipinski definition) is 0. The van der Waals surface area contributed by atoms with E-state index >= 15 is 0 Å². The van der Waals surface area contributed by atoms with E-state index in [2.05, 4.69) is 30.8 Å². The number of nitrogens with zero attached hydrogens (tertiary/aromatic N) is 2. The van der Waals surface area contributed by atoms with Gasteiger partial charge in [-0.1, -0.05) is 6.92 Å². The van der Waals surface area contributed by atoms with E-state index in [0.29, 0.717) is 6.17 Å². The summed E-state index contributed by atoms with van der Waals surface area (Å²) in [6.45, 7) is 4.84. The fourth-order valence-corrected chi connectivity index (χ4v) is 1.31. The Balaban J connectivity index is 2.28. The summed E-state index contributed by atoms with van der Waals surface area (Å²) in [4.78, 5) is 4.76. The van der Waals surface area contributed by atoms with E-state index in [9.17, 15) is 0 Å². The highest BCUT2D eigenvalue weighted by Gasteiger charge is 2.26. The summed E-state index contributed by atoms with van der Waals surface area (Å²) in [6.07, 6.45) is 1.94. The molecule has 2 nitrogen and oxygen atoms in total. The molecule has 1 unspecified atom stereocenters. The van der Waals surface area contributed by atoms with Crippen molar-refractivity contribution in [2.45, 2.75) is 19.5 Å². The van der Waals surface area contributed by atoms with E-state index in [0.717, 1.165) is 0 Å². The Bertz CT molecular complexity index is 84.9. The van der Waals surface area contributed by atoms with Crippen molar-refractivity contribution in [2.24, 2.45) is 0 Å². The van der Waals surface area contributed by atoms with Crippen LogP contribution in [0.5, 0.6) is 0 Å². The van der Waals surface area contributed by atoms with Crippen molar-refractivity contribution in [1.29, 1.82) is 0 Å². The molecule has 0 saturated carbocycles. The van der Waals surface area contributed by atoms with Crippen LogP contribution in [0.4, 0.5) is 0 Å². The summed E-state index contributed by atoms with van der Waals surface area (Å²) in [5.74, 6) is 0. The maximum Gasteiger partial charge on any atom is 0.0615 e. The Morgan fingerprint density at radius 3 is 2.11 bits per heavy atom. The minimum atomic E-state index is 0.699. The molecule has 2 heteroatoms. The van der Waals surface area contributed by atoms with Gasteiger partial charge in [-0.05, 0) is 20.5 Å². The monoisotopic (exact) mass is 128 g/mol. The van der Waals surface area contributed by atoms with Gasteiger partial charge < -0.3 is 0 Å². The lowest BCUT2D eigenvalue weighted by Gasteiger charge is -2.23. The van der Waals surface area contributed by atoms with Gasteiger partial charge in [-0.15, -0.1) is 0 Å². The average Bonchev–Trinajstić information content (AvgIpc) is 2.50. The minimum Gasteiger partial charge on any atom is -0.294 e. The molecule has 0 spiro atoms. The predicted octanol–water partition coefficient (Wildman–Crippen LogP) is 0.600. The van der Waals surface area contributed by atoms with Gasteiger partial charge in [0, 0.05) is 13.1 Å². The minimum absolute atomic E-state index is 0.699. The lowest BCUT2D eigenvalue weighted by Crippen LogP contribution is -2.34. The standard InChI is InChI=1S/C7H16N2/c1-4-7(8(2)3)9-5-6-9/h7H,4-6H2,1-3H3. The highest BCUT2D eigenvalue weighted by atomic mass is 15.4. The van der Waals surface area contributed by atoms with Crippen LogP contribution in [0, 0.1) is 0 Å². The van der Waals surface area contributed by atoms with Gasteiger partial charge in [-0.3, -0.25) is 9.80 Å². The lowest BCUT2D eigenvalue weighted by atomic mass is 10.3. The van der Waals surface area contributed by atoms with Crippen LogP contribution in [0.15, 0.2) is 0 Å². The van der Waals surface area contributed by atoms with Crippen LogP contribution in [0.25, 0.3) is 0 Å². The molecule has 1 aliphatic rings. The molecule has 1 heterocycles. The Morgan fingerprint density at radius 2 is 2.00 bits per heavy atom. The molecule has 54 valence electrons. The van der Waals surface area contributed by atoms with Crippen molar-refractivity contribution in [3.05, 3.63) is 0 Å². The van der Waals surface area contributed by atoms with Crippen molar-refractivity contribution in [2.75, 3.05) is 27.2 Å². The van der Waals surface area contributed by atoms with Gasteiger partial charge in [-0.2, -0.15) is 0 Å². The summed E-state index contributed by atoms with van der Waals surface area (Å²) >= 11 is 0. The van der Waals surface area contributed by atoms with Crippen molar-refractivity contribution < 1.29 is 0 Å². The zero-order valence-electron chi connectivity index (χ0n) is 6.59. The molecule has 9 heavy (non-hydrogen) atoms. The van der Waals surface area contributed by atoms with E-state index in [1.54, 1.807) is 0 Å². The molecular weight excluding hydrogens is 112 g/mol. The first kappa shape index (κ1) is 7.03. The molecule has 1 fully saturated rings. The first-order valence-electron chi connectivity index (χ1n) is 3.66. The van der Waals surface area contributed by atoms with Crippen molar-refractivity contribution in [1.82, 2.24) is 9.80 Å². The van der Waals surface area contributed by atoms with Crippen LogP contribution in [0.3, 0.4) is 0 Å². The molecule has 1 saturated heterocycles. The van der Waals surface area contributed by atoms with Gasteiger partial charge in [0.2, 0.25) is 0 Å². The SMILES string of the molecule is CCC(N(C)C)N1CC1. The predicted molar refractivity (Wildman–Crippen MR) is 39.3 cm³/mol. The van der Waals surface area contributed by atoms with Gasteiger partial charge in [0.05, 0.1) is 6.17 Å². The van der Waals surface area contributed by atoms with Crippen LogP contribution in [-0.2, 0) is 0 Å². The van der Waals surface area contributed by atoms with Crippen molar-refractivity contribution in [3.63, 3.8) is 0 Å². The van der Waals surface area contributed by atoms with Gasteiger partial charge in [0.25, 0.3) is 0 Å². The maximum atomic E-state index is 2.47. The highest BCUT2D eigenvalue weighted by Crippen LogP contribution is 2.14. The first-order chi connectivity index (χ1) is 4.25.